The second kappa shape index (κ2) is 8.59. The van der Waals surface area contributed by atoms with Crippen molar-refractivity contribution in [3.63, 3.8) is 0 Å². The van der Waals surface area contributed by atoms with Crippen molar-refractivity contribution < 1.29 is 14.7 Å². The van der Waals surface area contributed by atoms with Gasteiger partial charge in [-0.2, -0.15) is 0 Å². The van der Waals surface area contributed by atoms with E-state index in [1.54, 1.807) is 22.4 Å². The molecule has 0 bridgehead atoms. The molecule has 1 fully saturated rings. The summed E-state index contributed by atoms with van der Waals surface area (Å²) >= 11 is 0. The van der Waals surface area contributed by atoms with E-state index in [1.165, 1.54) is 0 Å². The molecule has 2 aromatic heterocycles. The average Bonchev–Trinajstić information content (AvgIpc) is 3.22. The number of fused-ring (bicyclic) bond motifs is 1. The van der Waals surface area contributed by atoms with Crippen molar-refractivity contribution in [1.29, 1.82) is 0 Å². The zero-order valence-corrected chi connectivity index (χ0v) is 18.9. The predicted molar refractivity (Wildman–Crippen MR) is 123 cm³/mol. The lowest BCUT2D eigenvalue weighted by atomic mass is 9.95. The largest absolute Gasteiger partial charge is 0.505 e. The number of hydrogen-bond donors (Lipinski definition) is 1. The number of ketones is 1. The number of benzene rings is 1. The molecule has 1 atom stereocenters. The molecule has 32 heavy (non-hydrogen) atoms. The summed E-state index contributed by atoms with van der Waals surface area (Å²) in [7, 11) is 3.94. The highest BCUT2D eigenvalue weighted by Crippen LogP contribution is 2.40. The third-order valence-corrected chi connectivity index (χ3v) is 5.87. The maximum absolute atomic E-state index is 13.2. The van der Waals surface area contributed by atoms with E-state index < -0.39 is 17.7 Å². The Hall–Kier alpha value is -3.45. The fraction of sp³-hybridized carbons (Fsp3) is 0.320. The van der Waals surface area contributed by atoms with Crippen LogP contribution in [0.25, 0.3) is 11.4 Å². The number of Topliss-reactive ketones (excluding diaryl/α,β-unsaturated/α-hetero) is 1. The van der Waals surface area contributed by atoms with Crippen LogP contribution in [0.2, 0.25) is 0 Å². The van der Waals surface area contributed by atoms with Crippen LogP contribution in [-0.2, 0) is 9.59 Å². The van der Waals surface area contributed by atoms with Gasteiger partial charge in [-0.1, -0.05) is 35.9 Å². The Morgan fingerprint density at radius 1 is 1.09 bits per heavy atom. The number of aliphatic hydroxyl groups excluding tert-OH is 1. The number of likely N-dealkylation sites (tertiary alicyclic amines) is 1. The number of aromatic nitrogens is 2. The lowest BCUT2D eigenvalue weighted by molar-refractivity contribution is -0.139. The first-order valence-corrected chi connectivity index (χ1v) is 10.7. The van der Waals surface area contributed by atoms with Crippen molar-refractivity contribution in [2.24, 2.45) is 0 Å². The first-order chi connectivity index (χ1) is 15.3. The van der Waals surface area contributed by atoms with Crippen molar-refractivity contribution in [2.45, 2.75) is 26.3 Å². The number of nitrogens with zero attached hydrogens (tertiary/aromatic N) is 4. The fourth-order valence-electron chi connectivity index (χ4n) is 4.29. The van der Waals surface area contributed by atoms with Crippen LogP contribution in [0.5, 0.6) is 0 Å². The number of carbonyl (C=O) groups is 2. The maximum Gasteiger partial charge on any atom is 0.295 e. The maximum atomic E-state index is 13.2. The molecule has 3 aromatic rings. The minimum Gasteiger partial charge on any atom is -0.505 e. The molecule has 1 aliphatic rings. The molecule has 1 N–H and O–H groups in total. The first-order valence-electron chi connectivity index (χ1n) is 10.7. The number of aliphatic hydroxyl groups is 1. The van der Waals surface area contributed by atoms with Gasteiger partial charge in [-0.25, -0.2) is 4.98 Å². The van der Waals surface area contributed by atoms with Crippen LogP contribution in [0.15, 0.2) is 54.2 Å². The molecule has 4 rings (SSSR count). The third kappa shape index (κ3) is 3.80. The minimum atomic E-state index is -0.664. The van der Waals surface area contributed by atoms with Crippen LogP contribution in [-0.4, -0.2) is 63.2 Å². The van der Waals surface area contributed by atoms with Gasteiger partial charge in [0.2, 0.25) is 0 Å². The summed E-state index contributed by atoms with van der Waals surface area (Å²) in [4.78, 5) is 34.4. The normalized spacial score (nSPS) is 18.3. The van der Waals surface area contributed by atoms with Crippen LogP contribution in [0.4, 0.5) is 0 Å². The topological polar surface area (TPSA) is 78.1 Å². The van der Waals surface area contributed by atoms with Crippen molar-refractivity contribution >= 4 is 23.1 Å². The van der Waals surface area contributed by atoms with Crippen molar-refractivity contribution in [3.8, 4) is 0 Å². The summed E-state index contributed by atoms with van der Waals surface area (Å²) < 4.78 is 1.75. The molecule has 0 aliphatic carbocycles. The van der Waals surface area contributed by atoms with Gasteiger partial charge < -0.3 is 14.9 Å². The summed E-state index contributed by atoms with van der Waals surface area (Å²) in [6.45, 7) is 4.98. The van der Waals surface area contributed by atoms with Gasteiger partial charge in [0.1, 0.15) is 11.3 Å². The molecule has 166 valence electrons. The van der Waals surface area contributed by atoms with Gasteiger partial charge in [0.05, 0.1) is 17.3 Å². The number of imidazole rings is 1. The van der Waals surface area contributed by atoms with E-state index in [2.05, 4.69) is 4.98 Å². The number of hydrogen-bond acceptors (Lipinski definition) is 5. The van der Waals surface area contributed by atoms with E-state index >= 15 is 0 Å². The molecule has 1 aliphatic heterocycles. The van der Waals surface area contributed by atoms with Crippen LogP contribution >= 0.6 is 0 Å². The Labute approximate surface area is 187 Å². The molecule has 7 heteroatoms. The highest BCUT2D eigenvalue weighted by molar-refractivity contribution is 6.46. The van der Waals surface area contributed by atoms with Crippen molar-refractivity contribution in [2.75, 3.05) is 27.2 Å². The van der Waals surface area contributed by atoms with Gasteiger partial charge in [0.15, 0.2) is 5.76 Å². The molecular weight excluding hydrogens is 404 g/mol. The van der Waals surface area contributed by atoms with Crippen LogP contribution in [0.1, 0.15) is 35.0 Å². The molecule has 1 saturated heterocycles. The van der Waals surface area contributed by atoms with E-state index in [1.807, 2.05) is 68.4 Å². The summed E-state index contributed by atoms with van der Waals surface area (Å²) in [5.41, 5.74) is 3.68. The number of rotatable bonds is 6. The van der Waals surface area contributed by atoms with Crippen LogP contribution < -0.4 is 0 Å². The Morgan fingerprint density at radius 2 is 1.81 bits per heavy atom. The first kappa shape index (κ1) is 21.8. The van der Waals surface area contributed by atoms with E-state index in [9.17, 15) is 14.7 Å². The number of pyridine rings is 1. The molecule has 0 spiro atoms. The quantitative estimate of drug-likeness (QED) is 0.367. The lowest BCUT2D eigenvalue weighted by Crippen LogP contribution is -2.32. The molecule has 0 saturated carbocycles. The van der Waals surface area contributed by atoms with E-state index in [0.29, 0.717) is 23.6 Å². The summed E-state index contributed by atoms with van der Waals surface area (Å²) in [6.07, 6.45) is 2.51. The Balaban J connectivity index is 1.87. The van der Waals surface area contributed by atoms with Gasteiger partial charge in [0, 0.05) is 12.7 Å². The summed E-state index contributed by atoms with van der Waals surface area (Å²) in [5, 5.41) is 11.4. The van der Waals surface area contributed by atoms with E-state index in [4.69, 9.17) is 0 Å². The van der Waals surface area contributed by atoms with Gasteiger partial charge in [-0.05, 0) is 58.6 Å². The lowest BCUT2D eigenvalue weighted by Gasteiger charge is -2.26. The molecule has 0 unspecified atom stereocenters. The zero-order chi connectivity index (χ0) is 23.0. The molecule has 3 heterocycles. The number of carbonyl (C=O) groups excluding carboxylic acids is 2. The van der Waals surface area contributed by atoms with Crippen LogP contribution in [0, 0.1) is 13.8 Å². The highest BCUT2D eigenvalue weighted by Gasteiger charge is 2.46. The van der Waals surface area contributed by atoms with Crippen LogP contribution in [0.3, 0.4) is 0 Å². The molecule has 0 radical (unpaired) electrons. The number of aryl methyl sites for hydroxylation is 2. The van der Waals surface area contributed by atoms with Crippen molar-refractivity contribution in [3.05, 3.63) is 76.7 Å². The molecule has 1 amide bonds. The smallest absolute Gasteiger partial charge is 0.295 e. The van der Waals surface area contributed by atoms with Crippen molar-refractivity contribution in [1.82, 2.24) is 19.2 Å². The fourth-order valence-corrected chi connectivity index (χ4v) is 4.29. The number of amides is 1. The zero-order valence-electron chi connectivity index (χ0n) is 18.9. The Kier molecular flexibility index (Phi) is 5.84. The van der Waals surface area contributed by atoms with Gasteiger partial charge in [-0.3, -0.25) is 14.0 Å². The van der Waals surface area contributed by atoms with Gasteiger partial charge in [0.25, 0.3) is 11.7 Å². The second-order valence-electron chi connectivity index (χ2n) is 8.53. The van der Waals surface area contributed by atoms with Gasteiger partial charge in [-0.15, -0.1) is 0 Å². The average molecular weight is 433 g/mol. The highest BCUT2D eigenvalue weighted by atomic mass is 16.3. The Morgan fingerprint density at radius 3 is 2.50 bits per heavy atom. The molecule has 1 aromatic carbocycles. The standard InChI is InChI=1S/C25H28N4O3/c1-16-9-11-18(12-10-16)22-20(24(31)25(32)29(22)15-7-13-27(3)4)23(30)21-17(2)26-19-8-5-6-14-28(19)21/h5-6,8-12,14,22,30H,7,13,15H2,1-4H3/t22-/m1/s1. The monoisotopic (exact) mass is 432 g/mol. The minimum absolute atomic E-state index is 0.109. The molecule has 7 nitrogen and oxygen atoms in total. The SMILES string of the molecule is Cc1ccc([C@@H]2C(=C(O)c3c(C)nc4ccccn34)C(=O)C(=O)N2CCCN(C)C)cc1. The predicted octanol–water partition coefficient (Wildman–Crippen LogP) is 3.32. The summed E-state index contributed by atoms with van der Waals surface area (Å²) in [6, 6.07) is 12.6. The second-order valence-corrected chi connectivity index (χ2v) is 8.53. The van der Waals surface area contributed by atoms with E-state index in [-0.39, 0.29) is 11.3 Å². The molecular formula is C25H28N4O3. The van der Waals surface area contributed by atoms with Gasteiger partial charge >= 0.3 is 0 Å². The third-order valence-electron chi connectivity index (χ3n) is 5.87. The van der Waals surface area contributed by atoms with E-state index in [0.717, 1.165) is 24.1 Å². The Bertz CT molecular complexity index is 1210. The summed E-state index contributed by atoms with van der Waals surface area (Å²) in [5.74, 6) is -1.44.